The lowest BCUT2D eigenvalue weighted by atomic mass is 10.0. The van der Waals surface area contributed by atoms with Gasteiger partial charge >= 0.3 is 11.9 Å². The Morgan fingerprint density at radius 3 is 2.05 bits per heavy atom. The number of carbonyl (C=O) groups is 5. The highest BCUT2D eigenvalue weighted by Gasteiger charge is 2.31. The summed E-state index contributed by atoms with van der Waals surface area (Å²) < 4.78 is 0. The molecule has 0 aliphatic carbocycles. The number of aromatic amines is 1. The highest BCUT2D eigenvalue weighted by Crippen LogP contribution is 2.19. The number of carboxylic acid groups (broad SMARTS) is 2. The van der Waals surface area contributed by atoms with Gasteiger partial charge in [0.05, 0.1) is 12.6 Å². The van der Waals surface area contributed by atoms with Crippen molar-refractivity contribution in [1.29, 1.82) is 0 Å². The minimum Gasteiger partial charge on any atom is -0.481 e. The van der Waals surface area contributed by atoms with Gasteiger partial charge in [-0.2, -0.15) is 0 Å². The lowest BCUT2D eigenvalue weighted by molar-refractivity contribution is -0.142. The predicted molar refractivity (Wildman–Crippen MR) is 148 cm³/mol. The molecule has 0 spiro atoms. The summed E-state index contributed by atoms with van der Waals surface area (Å²) in [6.45, 7) is -0.837. The quantitative estimate of drug-likeness (QED) is 0.120. The Labute approximate surface area is 235 Å². The standard InChI is InChI=1S/C28H33N5O8/c29-19(10-11-24(35)36)25(37)33-23(15-34)27(39)31-21(13-17-14-30-20-9-5-4-8-18(17)20)26(38)32-22(28(40)41)12-16-6-2-1-3-7-16/h1-9,14,19,21-23,30,34H,10-13,15,29H2,(H,31,39)(H,32,38)(H,33,37)(H,35,36)(H,40,41). The smallest absolute Gasteiger partial charge is 0.326 e. The van der Waals surface area contributed by atoms with E-state index in [-0.39, 0.29) is 25.7 Å². The summed E-state index contributed by atoms with van der Waals surface area (Å²) in [5.74, 6) is -4.97. The van der Waals surface area contributed by atoms with E-state index in [9.17, 15) is 34.2 Å². The molecule has 0 radical (unpaired) electrons. The molecule has 4 unspecified atom stereocenters. The molecule has 3 rings (SSSR count). The number of H-pyrrole nitrogens is 1. The molecule has 13 nitrogen and oxygen atoms in total. The van der Waals surface area contributed by atoms with Crippen molar-refractivity contribution in [3.63, 3.8) is 0 Å². The number of aliphatic hydroxyl groups excluding tert-OH is 1. The number of aliphatic hydroxyl groups is 1. The van der Waals surface area contributed by atoms with Crippen LogP contribution in [0.5, 0.6) is 0 Å². The average molecular weight is 568 g/mol. The van der Waals surface area contributed by atoms with Crippen LogP contribution in [0.25, 0.3) is 10.9 Å². The fourth-order valence-corrected chi connectivity index (χ4v) is 4.21. The Kier molecular flexibility index (Phi) is 11.0. The number of hydrogen-bond acceptors (Lipinski definition) is 7. The molecule has 9 N–H and O–H groups in total. The van der Waals surface area contributed by atoms with E-state index in [1.165, 1.54) is 0 Å². The average Bonchev–Trinajstić information content (AvgIpc) is 3.36. The lowest BCUT2D eigenvalue weighted by Crippen LogP contribution is -2.58. The third kappa shape index (κ3) is 8.88. The maximum Gasteiger partial charge on any atom is 0.326 e. The van der Waals surface area contributed by atoms with Crippen molar-refractivity contribution in [2.24, 2.45) is 5.73 Å². The van der Waals surface area contributed by atoms with Crippen molar-refractivity contribution >= 4 is 40.6 Å². The maximum atomic E-state index is 13.4. The minimum atomic E-state index is -1.50. The van der Waals surface area contributed by atoms with E-state index in [2.05, 4.69) is 20.9 Å². The van der Waals surface area contributed by atoms with Crippen LogP contribution in [-0.4, -0.2) is 80.7 Å². The highest BCUT2D eigenvalue weighted by atomic mass is 16.4. The molecule has 2 aromatic carbocycles. The summed E-state index contributed by atoms with van der Waals surface area (Å²) in [4.78, 5) is 64.7. The number of rotatable bonds is 15. The molecular formula is C28H33N5O8. The number of benzene rings is 2. The van der Waals surface area contributed by atoms with Crippen molar-refractivity contribution in [3.05, 3.63) is 71.9 Å². The van der Waals surface area contributed by atoms with Gasteiger partial charge in [-0.15, -0.1) is 0 Å². The molecule has 3 aromatic rings. The largest absolute Gasteiger partial charge is 0.481 e. The summed E-state index contributed by atoms with van der Waals surface area (Å²) in [6, 6.07) is 10.7. The molecule has 0 saturated heterocycles. The Bertz CT molecular complexity index is 1380. The van der Waals surface area contributed by atoms with Crippen LogP contribution < -0.4 is 21.7 Å². The topological polar surface area (TPSA) is 224 Å². The summed E-state index contributed by atoms with van der Waals surface area (Å²) in [6.07, 6.45) is 1.07. The number of aliphatic carboxylic acids is 2. The van der Waals surface area contributed by atoms with Gasteiger partial charge in [0.2, 0.25) is 17.7 Å². The van der Waals surface area contributed by atoms with E-state index in [1.54, 1.807) is 42.6 Å². The van der Waals surface area contributed by atoms with E-state index >= 15 is 0 Å². The molecule has 0 fully saturated rings. The second kappa shape index (κ2) is 14.6. The molecule has 1 heterocycles. The molecule has 0 aliphatic rings. The molecule has 0 aliphatic heterocycles. The zero-order valence-corrected chi connectivity index (χ0v) is 22.1. The zero-order valence-electron chi connectivity index (χ0n) is 22.1. The summed E-state index contributed by atoms with van der Waals surface area (Å²) in [7, 11) is 0. The first-order valence-electron chi connectivity index (χ1n) is 12.9. The van der Waals surface area contributed by atoms with Gasteiger partial charge in [0.15, 0.2) is 0 Å². The fourth-order valence-electron chi connectivity index (χ4n) is 4.21. The number of para-hydroxylation sites is 1. The van der Waals surface area contributed by atoms with Crippen LogP contribution in [0.15, 0.2) is 60.8 Å². The van der Waals surface area contributed by atoms with Crippen molar-refractivity contribution in [3.8, 4) is 0 Å². The van der Waals surface area contributed by atoms with E-state index in [0.29, 0.717) is 11.1 Å². The Balaban J connectivity index is 1.79. The first-order valence-corrected chi connectivity index (χ1v) is 12.9. The summed E-state index contributed by atoms with van der Waals surface area (Å²) >= 11 is 0. The van der Waals surface area contributed by atoms with Gasteiger partial charge in [0.1, 0.15) is 18.1 Å². The van der Waals surface area contributed by atoms with E-state index in [0.717, 1.165) is 10.9 Å². The molecule has 4 atom stereocenters. The second-order valence-corrected chi connectivity index (χ2v) is 9.50. The minimum absolute atomic E-state index is 0.000775. The van der Waals surface area contributed by atoms with Gasteiger partial charge in [-0.3, -0.25) is 19.2 Å². The SMILES string of the molecule is NC(CCC(=O)O)C(=O)NC(CO)C(=O)NC(Cc1c[nH]c2ccccc12)C(=O)NC(Cc1ccccc1)C(=O)O. The monoisotopic (exact) mass is 567 g/mol. The normalized spacial score (nSPS) is 13.9. The van der Waals surface area contributed by atoms with Gasteiger partial charge in [-0.1, -0.05) is 48.5 Å². The van der Waals surface area contributed by atoms with Crippen LogP contribution in [0, 0.1) is 0 Å². The van der Waals surface area contributed by atoms with E-state index in [4.69, 9.17) is 10.8 Å². The fraction of sp³-hybridized carbons (Fsp3) is 0.321. The molecule has 1 aromatic heterocycles. The highest BCUT2D eigenvalue weighted by molar-refractivity contribution is 5.95. The van der Waals surface area contributed by atoms with Crippen LogP contribution in [0.2, 0.25) is 0 Å². The van der Waals surface area contributed by atoms with Crippen molar-refractivity contribution < 1.29 is 39.3 Å². The molecule has 13 heteroatoms. The van der Waals surface area contributed by atoms with Gasteiger partial charge in [0, 0.05) is 36.4 Å². The van der Waals surface area contributed by atoms with Gasteiger partial charge in [0.25, 0.3) is 0 Å². The number of fused-ring (bicyclic) bond motifs is 1. The number of amides is 3. The Morgan fingerprint density at radius 1 is 0.780 bits per heavy atom. The predicted octanol–water partition coefficient (Wildman–Crippen LogP) is -0.323. The van der Waals surface area contributed by atoms with Crippen molar-refractivity contribution in [2.45, 2.75) is 49.9 Å². The molecule has 3 amide bonds. The number of nitrogens with two attached hydrogens (primary N) is 1. The van der Waals surface area contributed by atoms with Crippen molar-refractivity contribution in [1.82, 2.24) is 20.9 Å². The van der Waals surface area contributed by atoms with Gasteiger partial charge in [-0.25, -0.2) is 4.79 Å². The third-order valence-corrected chi connectivity index (χ3v) is 6.45. The number of carbonyl (C=O) groups excluding carboxylic acids is 3. The Hall–Kier alpha value is -4.75. The van der Waals surface area contributed by atoms with Crippen molar-refractivity contribution in [2.75, 3.05) is 6.61 Å². The number of hydrogen-bond donors (Lipinski definition) is 8. The molecule has 0 saturated carbocycles. The molecule has 218 valence electrons. The molecule has 0 bridgehead atoms. The van der Waals surface area contributed by atoms with Gasteiger partial charge in [-0.05, 0) is 23.6 Å². The maximum absolute atomic E-state index is 13.4. The van der Waals surface area contributed by atoms with Gasteiger partial charge < -0.3 is 42.0 Å². The summed E-state index contributed by atoms with van der Waals surface area (Å²) in [5, 5.41) is 36.4. The van der Waals surface area contributed by atoms with Crippen LogP contribution in [0.3, 0.4) is 0 Å². The first kappa shape index (κ1) is 30.8. The van der Waals surface area contributed by atoms with Crippen LogP contribution in [-0.2, 0) is 36.8 Å². The van der Waals surface area contributed by atoms with Crippen LogP contribution in [0.1, 0.15) is 24.0 Å². The van der Waals surface area contributed by atoms with E-state index < -0.39 is 60.4 Å². The lowest BCUT2D eigenvalue weighted by Gasteiger charge is -2.24. The Morgan fingerprint density at radius 2 is 1.39 bits per heavy atom. The number of carboxylic acids is 2. The zero-order chi connectivity index (χ0) is 29.9. The third-order valence-electron chi connectivity index (χ3n) is 6.45. The van der Waals surface area contributed by atoms with E-state index in [1.807, 2.05) is 18.2 Å². The number of nitrogens with one attached hydrogen (secondary N) is 4. The number of aromatic nitrogens is 1. The summed E-state index contributed by atoms with van der Waals surface area (Å²) in [5.41, 5.74) is 7.83. The van der Waals surface area contributed by atoms with Crippen LogP contribution >= 0.6 is 0 Å². The van der Waals surface area contributed by atoms with Crippen LogP contribution in [0.4, 0.5) is 0 Å². The molecular weight excluding hydrogens is 534 g/mol. The second-order valence-electron chi connectivity index (χ2n) is 9.50. The first-order chi connectivity index (χ1) is 19.6. The molecule has 41 heavy (non-hydrogen) atoms.